The van der Waals surface area contributed by atoms with Gasteiger partial charge in [-0.15, -0.1) is 0 Å². The van der Waals surface area contributed by atoms with E-state index in [2.05, 4.69) is 28.5 Å². The second-order valence-electron chi connectivity index (χ2n) is 9.84. The van der Waals surface area contributed by atoms with Crippen molar-refractivity contribution in [3.05, 3.63) is 95.7 Å². The number of hydrogen-bond donors (Lipinski definition) is 2. The van der Waals surface area contributed by atoms with Gasteiger partial charge in [0.15, 0.2) is 0 Å². The van der Waals surface area contributed by atoms with Crippen LogP contribution in [0.1, 0.15) is 23.1 Å². The lowest BCUT2D eigenvalue weighted by Gasteiger charge is -2.28. The molecule has 0 fully saturated rings. The molecule has 2 N–H and O–H groups in total. The van der Waals surface area contributed by atoms with Crippen LogP contribution in [-0.2, 0) is 22.5 Å². The van der Waals surface area contributed by atoms with Crippen molar-refractivity contribution in [1.29, 1.82) is 0 Å². The van der Waals surface area contributed by atoms with Gasteiger partial charge >= 0.3 is 6.03 Å². The highest BCUT2D eigenvalue weighted by Crippen LogP contribution is 2.20. The highest BCUT2D eigenvalue weighted by molar-refractivity contribution is 5.92. The number of hydrogen-bond acceptors (Lipinski definition) is 4. The zero-order chi connectivity index (χ0) is 28.3. The number of nitrogens with one attached hydrogen (secondary N) is 2. The third-order valence-electron chi connectivity index (χ3n) is 6.88. The van der Waals surface area contributed by atoms with Gasteiger partial charge in [0.2, 0.25) is 5.91 Å². The molecule has 0 saturated heterocycles. The Kier molecular flexibility index (Phi) is 10.2. The van der Waals surface area contributed by atoms with Gasteiger partial charge in [-0.2, -0.15) is 0 Å². The van der Waals surface area contributed by atoms with Gasteiger partial charge in [-0.1, -0.05) is 54.1 Å². The minimum absolute atomic E-state index is 0.0424. The molecule has 8 heteroatoms. The molecule has 3 amide bonds. The second-order valence-corrected chi connectivity index (χ2v) is 9.84. The van der Waals surface area contributed by atoms with Gasteiger partial charge in [0.1, 0.15) is 12.3 Å². The molecule has 210 valence electrons. The summed E-state index contributed by atoms with van der Waals surface area (Å²) in [6.07, 6.45) is 3.32. The first-order valence-corrected chi connectivity index (χ1v) is 13.5. The van der Waals surface area contributed by atoms with Crippen LogP contribution >= 0.6 is 0 Å². The van der Waals surface area contributed by atoms with E-state index in [4.69, 9.17) is 9.47 Å². The monoisotopic (exact) mass is 542 g/mol. The van der Waals surface area contributed by atoms with E-state index in [1.54, 1.807) is 31.3 Å². The van der Waals surface area contributed by atoms with Crippen molar-refractivity contribution in [2.24, 2.45) is 0 Å². The van der Waals surface area contributed by atoms with Crippen LogP contribution in [0.3, 0.4) is 0 Å². The van der Waals surface area contributed by atoms with E-state index < -0.39 is 0 Å². The summed E-state index contributed by atoms with van der Waals surface area (Å²) in [5.74, 6) is 0.528. The Morgan fingerprint density at radius 3 is 2.50 bits per heavy atom. The number of anilines is 1. The molecule has 1 aromatic heterocycles. The lowest BCUT2D eigenvalue weighted by molar-refractivity contribution is -0.132. The number of aromatic amines is 1. The number of ether oxygens (including phenoxy) is 2. The molecule has 0 saturated carbocycles. The number of carbonyl (C=O) groups is 2. The summed E-state index contributed by atoms with van der Waals surface area (Å²) in [5.41, 5.74) is 5.05. The molecule has 0 radical (unpaired) electrons. The molecule has 0 aliphatic rings. The van der Waals surface area contributed by atoms with E-state index in [1.807, 2.05) is 60.5 Å². The number of para-hydroxylation sites is 1. The number of amides is 3. The molecule has 40 heavy (non-hydrogen) atoms. The Bertz CT molecular complexity index is 1400. The van der Waals surface area contributed by atoms with Crippen LogP contribution in [0.5, 0.6) is 5.75 Å². The van der Waals surface area contributed by atoms with Crippen LogP contribution in [0.4, 0.5) is 10.5 Å². The van der Waals surface area contributed by atoms with Gasteiger partial charge in [-0.05, 0) is 49.1 Å². The molecule has 0 spiro atoms. The lowest BCUT2D eigenvalue weighted by Crippen LogP contribution is -2.45. The fourth-order valence-corrected chi connectivity index (χ4v) is 4.62. The minimum atomic E-state index is -0.343. The summed E-state index contributed by atoms with van der Waals surface area (Å²) in [7, 11) is 3.20. The third kappa shape index (κ3) is 7.86. The molecular weight excluding hydrogens is 504 g/mol. The molecule has 8 nitrogen and oxygen atoms in total. The second kappa shape index (κ2) is 14.2. The molecule has 0 atom stereocenters. The van der Waals surface area contributed by atoms with Crippen molar-refractivity contribution in [2.45, 2.75) is 26.3 Å². The van der Waals surface area contributed by atoms with E-state index in [-0.39, 0.29) is 18.5 Å². The SMILES string of the molecule is COCCCN(CC(=O)N(CCc1c[nH]c2ccccc12)Cc1ccc(C)cc1)C(=O)Nc1cccc(OC)c1. The highest BCUT2D eigenvalue weighted by Gasteiger charge is 2.22. The Morgan fingerprint density at radius 1 is 0.925 bits per heavy atom. The van der Waals surface area contributed by atoms with Gasteiger partial charge < -0.3 is 29.6 Å². The van der Waals surface area contributed by atoms with E-state index >= 15 is 0 Å². The summed E-state index contributed by atoms with van der Waals surface area (Å²) in [6.45, 7) is 3.87. The molecule has 0 aliphatic carbocycles. The van der Waals surface area contributed by atoms with Crippen molar-refractivity contribution < 1.29 is 19.1 Å². The van der Waals surface area contributed by atoms with E-state index in [0.717, 1.165) is 22.0 Å². The fraction of sp³-hybridized carbons (Fsp3) is 0.312. The third-order valence-corrected chi connectivity index (χ3v) is 6.88. The number of aryl methyl sites for hydroxylation is 1. The van der Waals surface area contributed by atoms with Crippen molar-refractivity contribution >= 4 is 28.5 Å². The Morgan fingerprint density at radius 2 is 1.73 bits per heavy atom. The maximum atomic E-state index is 13.8. The maximum Gasteiger partial charge on any atom is 0.322 e. The number of rotatable bonds is 13. The number of nitrogens with zero attached hydrogens (tertiary/aromatic N) is 2. The fourth-order valence-electron chi connectivity index (χ4n) is 4.62. The van der Waals surface area contributed by atoms with Gasteiger partial charge in [0, 0.05) is 62.2 Å². The number of carbonyl (C=O) groups excluding carboxylic acids is 2. The van der Waals surface area contributed by atoms with Gasteiger partial charge in [-0.25, -0.2) is 4.79 Å². The quantitative estimate of drug-likeness (QED) is 0.215. The van der Waals surface area contributed by atoms with Crippen LogP contribution < -0.4 is 10.1 Å². The van der Waals surface area contributed by atoms with Crippen LogP contribution in [0.2, 0.25) is 0 Å². The molecule has 0 aliphatic heterocycles. The smallest absolute Gasteiger partial charge is 0.322 e. The first-order valence-electron chi connectivity index (χ1n) is 13.5. The lowest BCUT2D eigenvalue weighted by atomic mass is 10.1. The van der Waals surface area contributed by atoms with Crippen molar-refractivity contribution in [2.75, 3.05) is 45.8 Å². The number of methoxy groups -OCH3 is 2. The first kappa shape index (κ1) is 28.7. The number of fused-ring (bicyclic) bond motifs is 1. The zero-order valence-electron chi connectivity index (χ0n) is 23.5. The number of H-pyrrole nitrogens is 1. The molecule has 0 bridgehead atoms. The van der Waals surface area contributed by atoms with Crippen LogP contribution in [0, 0.1) is 6.92 Å². The topological polar surface area (TPSA) is 86.9 Å². The Balaban J connectivity index is 1.51. The molecule has 4 aromatic rings. The molecule has 0 unspecified atom stereocenters. The Labute approximate surface area is 235 Å². The largest absolute Gasteiger partial charge is 0.497 e. The Hall–Kier alpha value is -4.30. The van der Waals surface area contributed by atoms with Crippen molar-refractivity contribution in [3.63, 3.8) is 0 Å². The summed E-state index contributed by atoms with van der Waals surface area (Å²) < 4.78 is 10.5. The average molecular weight is 543 g/mol. The zero-order valence-corrected chi connectivity index (χ0v) is 23.5. The standard InChI is InChI=1S/C32H38N4O4/c1-24-12-14-25(15-13-24)22-35(18-16-26-21-33-30-11-5-4-10-29(26)30)31(37)23-36(17-7-19-39-2)32(38)34-27-8-6-9-28(20-27)40-3/h4-6,8-15,20-21,33H,7,16-19,22-23H2,1-3H3,(H,34,38). The molecular formula is C32H38N4O4. The highest BCUT2D eigenvalue weighted by atomic mass is 16.5. The van der Waals surface area contributed by atoms with Crippen molar-refractivity contribution in [1.82, 2.24) is 14.8 Å². The predicted molar refractivity (Wildman–Crippen MR) is 159 cm³/mol. The van der Waals surface area contributed by atoms with E-state index in [0.29, 0.717) is 50.5 Å². The normalized spacial score (nSPS) is 10.9. The van der Waals surface area contributed by atoms with E-state index in [1.165, 1.54) is 5.56 Å². The van der Waals surface area contributed by atoms with Gasteiger partial charge in [0.05, 0.1) is 7.11 Å². The summed E-state index contributed by atoms with van der Waals surface area (Å²) in [4.78, 5) is 33.8. The average Bonchev–Trinajstić information content (AvgIpc) is 3.39. The van der Waals surface area contributed by atoms with Crippen LogP contribution in [0.15, 0.2) is 79.0 Å². The number of benzene rings is 3. The van der Waals surface area contributed by atoms with Crippen LogP contribution in [-0.4, -0.2) is 67.2 Å². The van der Waals surface area contributed by atoms with Gasteiger partial charge in [0.25, 0.3) is 0 Å². The van der Waals surface area contributed by atoms with Crippen LogP contribution in [0.25, 0.3) is 10.9 Å². The van der Waals surface area contributed by atoms with E-state index in [9.17, 15) is 9.59 Å². The molecule has 1 heterocycles. The maximum absolute atomic E-state index is 13.8. The number of aromatic nitrogens is 1. The first-order chi connectivity index (χ1) is 19.5. The minimum Gasteiger partial charge on any atom is -0.497 e. The van der Waals surface area contributed by atoms with Gasteiger partial charge in [-0.3, -0.25) is 4.79 Å². The van der Waals surface area contributed by atoms with Crippen molar-refractivity contribution in [3.8, 4) is 5.75 Å². The predicted octanol–water partition coefficient (Wildman–Crippen LogP) is 5.63. The summed E-state index contributed by atoms with van der Waals surface area (Å²) in [5, 5.41) is 4.07. The number of urea groups is 1. The molecule has 4 rings (SSSR count). The summed E-state index contributed by atoms with van der Waals surface area (Å²) in [6, 6.07) is 23.2. The molecule has 3 aromatic carbocycles. The summed E-state index contributed by atoms with van der Waals surface area (Å²) >= 11 is 0.